The Hall–Kier alpha value is -1.10. The summed E-state index contributed by atoms with van der Waals surface area (Å²) in [7, 11) is 0. The number of carboxylic acids is 1. The lowest BCUT2D eigenvalue weighted by Crippen LogP contribution is -2.50. The maximum absolute atomic E-state index is 11.9. The lowest BCUT2D eigenvalue weighted by molar-refractivity contribution is -0.139. The molecule has 1 aliphatic carbocycles. The Kier molecular flexibility index (Phi) is 5.14. The molecule has 1 amide bonds. The van der Waals surface area contributed by atoms with Gasteiger partial charge in [0.25, 0.3) is 0 Å². The molecule has 0 aromatic rings. The third-order valence-electron chi connectivity index (χ3n) is 3.43. The standard InChI is InChI=1S/C13H24N2O3/c1-13(2,8-12(17)18)7-11(16)15-10-6-4-3-5-9(10)14/h9-10H,3-8,14H2,1-2H3,(H,15,16)(H,17,18). The van der Waals surface area contributed by atoms with Crippen LogP contribution in [0.15, 0.2) is 0 Å². The number of carboxylic acid groups (broad SMARTS) is 1. The second-order valence-electron chi connectivity index (χ2n) is 6.03. The van der Waals surface area contributed by atoms with Crippen molar-refractivity contribution in [3.8, 4) is 0 Å². The molecule has 2 unspecified atom stereocenters. The summed E-state index contributed by atoms with van der Waals surface area (Å²) in [6.45, 7) is 3.59. The van der Waals surface area contributed by atoms with Gasteiger partial charge in [0.1, 0.15) is 0 Å². The predicted octanol–water partition coefficient (Wildman–Crippen LogP) is 1.26. The molecule has 0 aliphatic heterocycles. The van der Waals surface area contributed by atoms with Gasteiger partial charge in [0.15, 0.2) is 0 Å². The average molecular weight is 256 g/mol. The van der Waals surface area contributed by atoms with E-state index >= 15 is 0 Å². The van der Waals surface area contributed by atoms with Crippen LogP contribution in [0, 0.1) is 5.41 Å². The zero-order valence-corrected chi connectivity index (χ0v) is 11.2. The van der Waals surface area contributed by atoms with Gasteiger partial charge in [-0.1, -0.05) is 26.7 Å². The Morgan fingerprint density at radius 1 is 1.28 bits per heavy atom. The zero-order chi connectivity index (χ0) is 13.8. The Balaban J connectivity index is 2.43. The van der Waals surface area contributed by atoms with Crippen molar-refractivity contribution in [3.63, 3.8) is 0 Å². The number of hydrogen-bond donors (Lipinski definition) is 3. The van der Waals surface area contributed by atoms with Crippen molar-refractivity contribution in [3.05, 3.63) is 0 Å². The van der Waals surface area contributed by atoms with E-state index in [4.69, 9.17) is 10.8 Å². The zero-order valence-electron chi connectivity index (χ0n) is 11.2. The molecule has 0 bridgehead atoms. The van der Waals surface area contributed by atoms with E-state index in [-0.39, 0.29) is 30.8 Å². The third-order valence-corrected chi connectivity index (χ3v) is 3.43. The molecule has 5 heteroatoms. The van der Waals surface area contributed by atoms with E-state index in [9.17, 15) is 9.59 Å². The van der Waals surface area contributed by atoms with Gasteiger partial charge < -0.3 is 16.2 Å². The summed E-state index contributed by atoms with van der Waals surface area (Å²) < 4.78 is 0. The SMILES string of the molecule is CC(C)(CC(=O)O)CC(=O)NC1CCCCC1N. The minimum absolute atomic E-state index is 0.00284. The van der Waals surface area contributed by atoms with Crippen LogP contribution >= 0.6 is 0 Å². The van der Waals surface area contributed by atoms with Crippen molar-refractivity contribution >= 4 is 11.9 Å². The van der Waals surface area contributed by atoms with Crippen molar-refractivity contribution in [2.24, 2.45) is 11.1 Å². The Morgan fingerprint density at radius 3 is 2.44 bits per heavy atom. The highest BCUT2D eigenvalue weighted by atomic mass is 16.4. The second kappa shape index (κ2) is 6.18. The van der Waals surface area contributed by atoms with Crippen LogP contribution < -0.4 is 11.1 Å². The van der Waals surface area contributed by atoms with Crippen LogP contribution in [0.3, 0.4) is 0 Å². The summed E-state index contributed by atoms with van der Waals surface area (Å²) in [5.74, 6) is -0.967. The fourth-order valence-electron chi connectivity index (χ4n) is 2.50. The highest BCUT2D eigenvalue weighted by Gasteiger charge is 2.28. The van der Waals surface area contributed by atoms with E-state index < -0.39 is 11.4 Å². The summed E-state index contributed by atoms with van der Waals surface area (Å²) in [5, 5.41) is 11.7. The fraction of sp³-hybridized carbons (Fsp3) is 0.846. The van der Waals surface area contributed by atoms with Crippen LogP contribution in [0.4, 0.5) is 0 Å². The van der Waals surface area contributed by atoms with E-state index in [0.29, 0.717) is 0 Å². The molecule has 0 aromatic carbocycles. The normalized spacial score (nSPS) is 24.6. The van der Waals surface area contributed by atoms with Crippen LogP contribution in [0.5, 0.6) is 0 Å². The van der Waals surface area contributed by atoms with Gasteiger partial charge in [0, 0.05) is 18.5 Å². The molecular formula is C13H24N2O3. The third kappa shape index (κ3) is 5.04. The largest absolute Gasteiger partial charge is 0.481 e. The van der Waals surface area contributed by atoms with Crippen LogP contribution in [0.25, 0.3) is 0 Å². The topological polar surface area (TPSA) is 92.4 Å². The molecule has 0 heterocycles. The summed E-state index contributed by atoms with van der Waals surface area (Å²) in [5.41, 5.74) is 5.44. The van der Waals surface area contributed by atoms with Gasteiger partial charge in [-0.3, -0.25) is 9.59 Å². The lowest BCUT2D eigenvalue weighted by Gasteiger charge is -2.30. The minimum Gasteiger partial charge on any atom is -0.481 e. The van der Waals surface area contributed by atoms with Crippen LogP contribution in [-0.2, 0) is 9.59 Å². The molecule has 0 radical (unpaired) electrons. The molecule has 1 rings (SSSR count). The van der Waals surface area contributed by atoms with Gasteiger partial charge in [-0.15, -0.1) is 0 Å². The molecule has 1 saturated carbocycles. The van der Waals surface area contributed by atoms with E-state index in [2.05, 4.69) is 5.32 Å². The molecule has 1 fully saturated rings. The average Bonchev–Trinajstić information content (AvgIpc) is 2.18. The van der Waals surface area contributed by atoms with Gasteiger partial charge in [-0.25, -0.2) is 0 Å². The quantitative estimate of drug-likeness (QED) is 0.690. The molecule has 4 N–H and O–H groups in total. The second-order valence-corrected chi connectivity index (χ2v) is 6.03. The van der Waals surface area contributed by atoms with E-state index in [1.807, 2.05) is 0 Å². The number of nitrogens with two attached hydrogens (primary N) is 1. The molecule has 18 heavy (non-hydrogen) atoms. The Morgan fingerprint density at radius 2 is 1.89 bits per heavy atom. The molecule has 104 valence electrons. The van der Waals surface area contributed by atoms with Crippen molar-refractivity contribution in [2.45, 2.75) is 64.5 Å². The molecule has 0 spiro atoms. The van der Waals surface area contributed by atoms with Crippen molar-refractivity contribution in [2.75, 3.05) is 0 Å². The van der Waals surface area contributed by atoms with Gasteiger partial charge in [0.2, 0.25) is 5.91 Å². The maximum atomic E-state index is 11.9. The predicted molar refractivity (Wildman–Crippen MR) is 69.0 cm³/mol. The Labute approximate surface area is 108 Å². The monoisotopic (exact) mass is 256 g/mol. The first-order valence-corrected chi connectivity index (χ1v) is 6.57. The number of amides is 1. The molecule has 0 saturated heterocycles. The number of rotatable bonds is 5. The summed E-state index contributed by atoms with van der Waals surface area (Å²) in [6.07, 6.45) is 4.31. The molecular weight excluding hydrogens is 232 g/mol. The van der Waals surface area contributed by atoms with Gasteiger partial charge in [-0.05, 0) is 18.3 Å². The first-order valence-electron chi connectivity index (χ1n) is 6.57. The number of carbonyl (C=O) groups excluding carboxylic acids is 1. The Bertz CT molecular complexity index is 315. The first-order chi connectivity index (χ1) is 8.30. The smallest absolute Gasteiger partial charge is 0.303 e. The minimum atomic E-state index is -0.873. The lowest BCUT2D eigenvalue weighted by atomic mass is 9.84. The van der Waals surface area contributed by atoms with E-state index in [1.165, 1.54) is 0 Å². The number of aliphatic carboxylic acids is 1. The number of carbonyl (C=O) groups is 2. The van der Waals surface area contributed by atoms with E-state index in [0.717, 1.165) is 25.7 Å². The fourth-order valence-corrected chi connectivity index (χ4v) is 2.50. The van der Waals surface area contributed by atoms with Crippen molar-refractivity contribution in [1.29, 1.82) is 0 Å². The summed E-state index contributed by atoms with van der Waals surface area (Å²) in [4.78, 5) is 22.6. The van der Waals surface area contributed by atoms with Crippen molar-refractivity contribution < 1.29 is 14.7 Å². The maximum Gasteiger partial charge on any atom is 0.303 e. The summed E-state index contributed by atoms with van der Waals surface area (Å²) in [6, 6.07) is 0.0807. The van der Waals surface area contributed by atoms with Crippen LogP contribution in [-0.4, -0.2) is 29.1 Å². The summed E-state index contributed by atoms with van der Waals surface area (Å²) >= 11 is 0. The first kappa shape index (κ1) is 15.0. The number of hydrogen-bond acceptors (Lipinski definition) is 3. The highest BCUT2D eigenvalue weighted by molar-refractivity contribution is 5.78. The molecule has 0 aromatic heterocycles. The molecule has 1 aliphatic rings. The van der Waals surface area contributed by atoms with Gasteiger partial charge in [0.05, 0.1) is 6.42 Å². The van der Waals surface area contributed by atoms with Gasteiger partial charge >= 0.3 is 5.97 Å². The van der Waals surface area contributed by atoms with E-state index in [1.54, 1.807) is 13.8 Å². The van der Waals surface area contributed by atoms with Crippen LogP contribution in [0.2, 0.25) is 0 Å². The molecule has 2 atom stereocenters. The highest BCUT2D eigenvalue weighted by Crippen LogP contribution is 2.25. The van der Waals surface area contributed by atoms with Crippen LogP contribution in [0.1, 0.15) is 52.4 Å². The van der Waals surface area contributed by atoms with Gasteiger partial charge in [-0.2, -0.15) is 0 Å². The molecule has 5 nitrogen and oxygen atoms in total. The number of nitrogens with one attached hydrogen (secondary N) is 1. The van der Waals surface area contributed by atoms with Crippen molar-refractivity contribution in [1.82, 2.24) is 5.32 Å².